The molecule has 4 rings (SSSR count). The first-order chi connectivity index (χ1) is 15.6. The lowest BCUT2D eigenvalue weighted by Gasteiger charge is -2.32. The Bertz CT molecular complexity index is 1030. The molecule has 1 heterocycles. The minimum Gasteiger partial charge on any atom is -0.351 e. The Kier molecular flexibility index (Phi) is 7.32. The van der Waals surface area contributed by atoms with Crippen LogP contribution in [0, 0.1) is 5.82 Å². The van der Waals surface area contributed by atoms with Gasteiger partial charge in [0.05, 0.1) is 6.42 Å². The standard InChI is InChI=1S/C26H27FN2O2S/c27-23-15-7-6-14-22(23)25(26(31)28-20-11-4-5-12-20)29(18-19-9-2-1-3-10-19)24(30)17-21-13-8-16-32-21/h1-3,6-10,13-16,20,25H,4-5,11-12,17-18H2,(H,28,31). The summed E-state index contributed by atoms with van der Waals surface area (Å²) < 4.78 is 14.9. The number of thiophene rings is 1. The van der Waals surface area contributed by atoms with E-state index in [0.717, 1.165) is 36.1 Å². The summed E-state index contributed by atoms with van der Waals surface area (Å²) in [6.07, 6.45) is 4.14. The van der Waals surface area contributed by atoms with Crippen LogP contribution in [0.15, 0.2) is 72.1 Å². The van der Waals surface area contributed by atoms with Crippen molar-refractivity contribution in [3.8, 4) is 0 Å². The molecule has 1 unspecified atom stereocenters. The SMILES string of the molecule is O=C(NC1CCCC1)C(c1ccccc1F)N(Cc1ccccc1)C(=O)Cc1cccs1. The second-order valence-corrected chi connectivity index (χ2v) is 9.21. The number of carbonyl (C=O) groups excluding carboxylic acids is 2. The van der Waals surface area contributed by atoms with Crippen molar-refractivity contribution in [2.75, 3.05) is 0 Å². The highest BCUT2D eigenvalue weighted by molar-refractivity contribution is 7.10. The third kappa shape index (κ3) is 5.43. The zero-order valence-corrected chi connectivity index (χ0v) is 18.7. The third-order valence-corrected chi connectivity index (χ3v) is 6.76. The normalized spacial score (nSPS) is 14.8. The predicted molar refractivity (Wildman–Crippen MR) is 125 cm³/mol. The van der Waals surface area contributed by atoms with Gasteiger partial charge in [0.15, 0.2) is 0 Å². The summed E-state index contributed by atoms with van der Waals surface area (Å²) >= 11 is 1.50. The van der Waals surface area contributed by atoms with Crippen molar-refractivity contribution in [1.29, 1.82) is 0 Å². The minimum atomic E-state index is -1.04. The van der Waals surface area contributed by atoms with Gasteiger partial charge < -0.3 is 10.2 Å². The van der Waals surface area contributed by atoms with E-state index in [9.17, 15) is 14.0 Å². The van der Waals surface area contributed by atoms with Gasteiger partial charge in [-0.25, -0.2) is 4.39 Å². The van der Waals surface area contributed by atoms with Crippen LogP contribution >= 0.6 is 11.3 Å². The van der Waals surface area contributed by atoms with Gasteiger partial charge in [-0.05, 0) is 35.9 Å². The molecule has 1 saturated carbocycles. The second-order valence-electron chi connectivity index (χ2n) is 8.18. The second kappa shape index (κ2) is 10.6. The van der Waals surface area contributed by atoms with E-state index in [2.05, 4.69) is 5.32 Å². The maximum Gasteiger partial charge on any atom is 0.247 e. The van der Waals surface area contributed by atoms with Gasteiger partial charge in [-0.2, -0.15) is 0 Å². The largest absolute Gasteiger partial charge is 0.351 e. The summed E-state index contributed by atoms with van der Waals surface area (Å²) in [6.45, 7) is 0.224. The number of nitrogens with zero attached hydrogens (tertiary/aromatic N) is 1. The molecule has 32 heavy (non-hydrogen) atoms. The molecule has 166 valence electrons. The van der Waals surface area contributed by atoms with Crippen LogP contribution in [0.3, 0.4) is 0 Å². The number of amides is 2. The number of hydrogen-bond acceptors (Lipinski definition) is 3. The molecule has 0 radical (unpaired) electrons. The lowest BCUT2D eigenvalue weighted by molar-refractivity contribution is -0.141. The topological polar surface area (TPSA) is 49.4 Å². The van der Waals surface area contributed by atoms with E-state index in [1.807, 2.05) is 47.8 Å². The first-order valence-electron chi connectivity index (χ1n) is 11.0. The van der Waals surface area contributed by atoms with Gasteiger partial charge in [-0.1, -0.05) is 67.4 Å². The van der Waals surface area contributed by atoms with Crippen molar-refractivity contribution in [3.63, 3.8) is 0 Å². The summed E-state index contributed by atoms with van der Waals surface area (Å²) in [4.78, 5) is 29.5. The van der Waals surface area contributed by atoms with E-state index in [4.69, 9.17) is 0 Å². The summed E-state index contributed by atoms with van der Waals surface area (Å²) in [5.41, 5.74) is 1.11. The van der Waals surface area contributed by atoms with Crippen molar-refractivity contribution in [2.45, 2.75) is 50.7 Å². The maximum atomic E-state index is 14.9. The molecular formula is C26H27FN2O2S. The molecule has 1 fully saturated rings. The summed E-state index contributed by atoms with van der Waals surface area (Å²) in [5, 5.41) is 5.01. The van der Waals surface area contributed by atoms with Gasteiger partial charge in [0.25, 0.3) is 0 Å². The number of benzene rings is 2. The lowest BCUT2D eigenvalue weighted by atomic mass is 10.0. The number of nitrogens with one attached hydrogen (secondary N) is 1. The lowest BCUT2D eigenvalue weighted by Crippen LogP contribution is -2.46. The number of rotatable bonds is 8. The van der Waals surface area contributed by atoms with Crippen LogP contribution in [-0.4, -0.2) is 22.8 Å². The van der Waals surface area contributed by atoms with Gasteiger partial charge >= 0.3 is 0 Å². The highest BCUT2D eigenvalue weighted by atomic mass is 32.1. The van der Waals surface area contributed by atoms with E-state index in [1.54, 1.807) is 18.2 Å². The van der Waals surface area contributed by atoms with E-state index in [0.29, 0.717) is 0 Å². The van der Waals surface area contributed by atoms with Gasteiger partial charge in [0, 0.05) is 23.0 Å². The Labute approximate surface area is 192 Å². The highest BCUT2D eigenvalue weighted by Crippen LogP contribution is 2.28. The van der Waals surface area contributed by atoms with E-state index >= 15 is 0 Å². The molecule has 1 atom stereocenters. The molecule has 2 aromatic carbocycles. The quantitative estimate of drug-likeness (QED) is 0.509. The molecule has 3 aromatic rings. The molecule has 0 aliphatic heterocycles. The Morgan fingerprint density at radius 3 is 2.41 bits per heavy atom. The fourth-order valence-corrected chi connectivity index (χ4v) is 4.96. The summed E-state index contributed by atoms with van der Waals surface area (Å²) in [6, 6.07) is 18.6. The first-order valence-corrected chi connectivity index (χ1v) is 11.9. The van der Waals surface area contributed by atoms with Crippen LogP contribution in [0.4, 0.5) is 4.39 Å². The zero-order valence-electron chi connectivity index (χ0n) is 17.9. The zero-order chi connectivity index (χ0) is 22.3. The maximum absolute atomic E-state index is 14.9. The van der Waals surface area contributed by atoms with E-state index in [-0.39, 0.29) is 36.4 Å². The Balaban J connectivity index is 1.70. The van der Waals surface area contributed by atoms with Crippen molar-refractivity contribution in [1.82, 2.24) is 10.2 Å². The molecule has 0 spiro atoms. The van der Waals surface area contributed by atoms with E-state index < -0.39 is 11.9 Å². The van der Waals surface area contributed by atoms with Crippen LogP contribution in [0.25, 0.3) is 0 Å². The van der Waals surface area contributed by atoms with Crippen LogP contribution < -0.4 is 5.32 Å². The summed E-state index contributed by atoms with van der Waals surface area (Å²) in [5.74, 6) is -1.01. The molecule has 1 aliphatic carbocycles. The Hall–Kier alpha value is -2.99. The van der Waals surface area contributed by atoms with Crippen molar-refractivity contribution in [3.05, 3.63) is 93.9 Å². The van der Waals surface area contributed by atoms with Crippen molar-refractivity contribution in [2.24, 2.45) is 0 Å². The monoisotopic (exact) mass is 450 g/mol. The predicted octanol–water partition coefficient (Wildman–Crippen LogP) is 5.26. The smallest absolute Gasteiger partial charge is 0.247 e. The number of halogens is 1. The van der Waals surface area contributed by atoms with Gasteiger partial charge in [-0.15, -0.1) is 11.3 Å². The van der Waals surface area contributed by atoms with Crippen LogP contribution in [0.2, 0.25) is 0 Å². The van der Waals surface area contributed by atoms with Crippen LogP contribution in [-0.2, 0) is 22.6 Å². The molecule has 1 aliphatic rings. The molecule has 1 aromatic heterocycles. The van der Waals surface area contributed by atoms with Gasteiger partial charge in [0.1, 0.15) is 11.9 Å². The van der Waals surface area contributed by atoms with Gasteiger partial charge in [0.2, 0.25) is 11.8 Å². The van der Waals surface area contributed by atoms with Gasteiger partial charge in [-0.3, -0.25) is 9.59 Å². The van der Waals surface area contributed by atoms with E-state index in [1.165, 1.54) is 22.3 Å². The molecule has 0 saturated heterocycles. The fourth-order valence-electron chi connectivity index (χ4n) is 4.27. The molecule has 1 N–H and O–H groups in total. The molecular weight excluding hydrogens is 423 g/mol. The Morgan fingerprint density at radius 2 is 1.72 bits per heavy atom. The summed E-state index contributed by atoms with van der Waals surface area (Å²) in [7, 11) is 0. The molecule has 4 nitrogen and oxygen atoms in total. The number of carbonyl (C=O) groups is 2. The van der Waals surface area contributed by atoms with Crippen molar-refractivity contribution < 1.29 is 14.0 Å². The first kappa shape index (κ1) is 22.2. The molecule has 0 bridgehead atoms. The third-order valence-electron chi connectivity index (χ3n) is 5.88. The van der Waals surface area contributed by atoms with Crippen LogP contribution in [0.5, 0.6) is 0 Å². The Morgan fingerprint density at radius 1 is 1.00 bits per heavy atom. The average molecular weight is 451 g/mol. The average Bonchev–Trinajstić information content (AvgIpc) is 3.50. The van der Waals surface area contributed by atoms with Crippen molar-refractivity contribution >= 4 is 23.2 Å². The molecule has 2 amide bonds. The molecule has 6 heteroatoms. The highest BCUT2D eigenvalue weighted by Gasteiger charge is 2.34. The number of hydrogen-bond donors (Lipinski definition) is 1. The van der Waals surface area contributed by atoms with Crippen LogP contribution in [0.1, 0.15) is 47.7 Å². The minimum absolute atomic E-state index is 0.0720. The fraction of sp³-hybridized carbons (Fsp3) is 0.308.